The highest BCUT2D eigenvalue weighted by molar-refractivity contribution is 9.10. The van der Waals surface area contributed by atoms with Crippen LogP contribution in [0.15, 0.2) is 62.5 Å². The van der Waals surface area contributed by atoms with Crippen molar-refractivity contribution in [3.05, 3.63) is 84.6 Å². The number of nitro benzene ring substituents is 2. The van der Waals surface area contributed by atoms with Crippen LogP contribution in [0.4, 0.5) is 30.2 Å². The van der Waals surface area contributed by atoms with E-state index in [2.05, 4.69) is 26.5 Å². The predicted octanol–water partition coefficient (Wildman–Crippen LogP) is 5.99. The normalized spacial score (nSPS) is 11.6. The third-order valence-electron chi connectivity index (χ3n) is 3.95. The first-order chi connectivity index (χ1) is 14.6. The van der Waals surface area contributed by atoms with Crippen molar-refractivity contribution < 1.29 is 27.4 Å². The van der Waals surface area contributed by atoms with E-state index in [9.17, 15) is 33.4 Å². The van der Waals surface area contributed by atoms with Crippen molar-refractivity contribution in [1.29, 1.82) is 0 Å². The van der Waals surface area contributed by atoms with Crippen LogP contribution in [-0.4, -0.2) is 16.1 Å². The Morgan fingerprint density at radius 1 is 1.03 bits per heavy atom. The average Bonchev–Trinajstić information content (AvgIpc) is 3.15. The summed E-state index contributed by atoms with van der Waals surface area (Å²) >= 11 is 3.23. The summed E-state index contributed by atoms with van der Waals surface area (Å²) in [5.41, 5.74) is 0.570. The third-order valence-corrected chi connectivity index (χ3v) is 4.61. The maximum absolute atomic E-state index is 12.7. The molecule has 3 rings (SSSR count). The van der Waals surface area contributed by atoms with Crippen molar-refractivity contribution >= 4 is 39.2 Å². The molecule has 0 atom stereocenters. The fourth-order valence-electron chi connectivity index (χ4n) is 2.50. The van der Waals surface area contributed by atoms with Crippen LogP contribution in [0, 0.1) is 20.2 Å². The van der Waals surface area contributed by atoms with E-state index in [0.29, 0.717) is 27.9 Å². The van der Waals surface area contributed by atoms with Crippen molar-refractivity contribution in [3.8, 4) is 11.3 Å². The molecule has 0 unspecified atom stereocenters. The molecule has 0 aliphatic rings. The lowest BCUT2D eigenvalue weighted by Crippen LogP contribution is -2.06. The van der Waals surface area contributed by atoms with Crippen LogP contribution >= 0.6 is 15.9 Å². The van der Waals surface area contributed by atoms with Gasteiger partial charge in [-0.2, -0.15) is 18.3 Å². The number of nitrogens with zero attached hydrogens (tertiary/aromatic N) is 3. The minimum absolute atomic E-state index is 0.105. The van der Waals surface area contributed by atoms with Gasteiger partial charge in [0.2, 0.25) is 0 Å². The highest BCUT2D eigenvalue weighted by Crippen LogP contribution is 2.35. The van der Waals surface area contributed by atoms with Crippen LogP contribution in [0.3, 0.4) is 0 Å². The number of anilines is 1. The molecule has 9 nitrogen and oxygen atoms in total. The average molecular weight is 499 g/mol. The van der Waals surface area contributed by atoms with Gasteiger partial charge in [0.25, 0.3) is 11.4 Å². The van der Waals surface area contributed by atoms with Gasteiger partial charge in [-0.15, -0.1) is 0 Å². The lowest BCUT2D eigenvalue weighted by atomic mass is 10.1. The molecular formula is C18H10BrF3N4O5. The van der Waals surface area contributed by atoms with Gasteiger partial charge in [-0.25, -0.2) is 0 Å². The topological polar surface area (TPSA) is 124 Å². The van der Waals surface area contributed by atoms with Crippen molar-refractivity contribution in [2.24, 2.45) is 5.10 Å². The predicted molar refractivity (Wildman–Crippen MR) is 108 cm³/mol. The van der Waals surface area contributed by atoms with Gasteiger partial charge in [0.1, 0.15) is 17.2 Å². The van der Waals surface area contributed by atoms with E-state index in [1.807, 2.05) is 0 Å². The van der Waals surface area contributed by atoms with Gasteiger partial charge >= 0.3 is 6.18 Å². The summed E-state index contributed by atoms with van der Waals surface area (Å²) in [4.78, 5) is 20.4. The summed E-state index contributed by atoms with van der Waals surface area (Å²) in [5, 5.41) is 25.6. The first-order valence-corrected chi connectivity index (χ1v) is 9.04. The molecule has 160 valence electrons. The number of nitro groups is 2. The molecule has 0 fully saturated rings. The zero-order valence-corrected chi connectivity index (χ0v) is 16.7. The van der Waals surface area contributed by atoms with E-state index in [0.717, 1.165) is 6.07 Å². The summed E-state index contributed by atoms with van der Waals surface area (Å²) in [5.74, 6) is 0.589. The van der Waals surface area contributed by atoms with E-state index < -0.39 is 27.3 Å². The molecule has 0 bridgehead atoms. The van der Waals surface area contributed by atoms with Crippen LogP contribution in [0.1, 0.15) is 11.3 Å². The summed E-state index contributed by atoms with van der Waals surface area (Å²) in [7, 11) is 0. The molecule has 0 saturated carbocycles. The number of rotatable bonds is 6. The minimum atomic E-state index is -4.72. The molecule has 0 radical (unpaired) electrons. The van der Waals surface area contributed by atoms with E-state index >= 15 is 0 Å². The standard InChI is InChI=1S/C18H10BrF3N4O5/c19-14-8-11(25(27)28)2-4-13(14)17-6-3-12(31-17)9-23-24-15-5-1-10(18(20,21)22)7-16(15)26(29)30/h1-9,24H/b23-9+. The lowest BCUT2D eigenvalue weighted by Gasteiger charge is -2.08. The fraction of sp³-hybridized carbons (Fsp3) is 0.0556. The van der Waals surface area contributed by atoms with Crippen molar-refractivity contribution in [1.82, 2.24) is 0 Å². The molecule has 1 aromatic heterocycles. The number of benzene rings is 2. The number of nitrogens with one attached hydrogen (secondary N) is 1. The maximum atomic E-state index is 12.7. The Morgan fingerprint density at radius 2 is 1.77 bits per heavy atom. The summed E-state index contributed by atoms with van der Waals surface area (Å²) in [6.07, 6.45) is -3.55. The molecule has 31 heavy (non-hydrogen) atoms. The van der Waals surface area contributed by atoms with Gasteiger partial charge in [0, 0.05) is 28.2 Å². The van der Waals surface area contributed by atoms with Crippen LogP contribution in [0.2, 0.25) is 0 Å². The molecule has 1 N–H and O–H groups in total. The SMILES string of the molecule is O=[N+]([O-])c1ccc(-c2ccc(/C=N/Nc3ccc(C(F)(F)F)cc3[N+](=O)[O-])o2)c(Br)c1. The van der Waals surface area contributed by atoms with Crippen LogP contribution < -0.4 is 5.43 Å². The number of furan rings is 1. The number of hydrogen-bond donors (Lipinski definition) is 1. The van der Waals surface area contributed by atoms with Crippen LogP contribution in [0.5, 0.6) is 0 Å². The van der Waals surface area contributed by atoms with E-state index in [1.165, 1.54) is 30.5 Å². The summed E-state index contributed by atoms with van der Waals surface area (Å²) < 4.78 is 44.2. The Labute approximate surface area is 179 Å². The number of alkyl halides is 3. The number of non-ortho nitro benzene ring substituents is 1. The van der Waals surface area contributed by atoms with Crippen LogP contribution in [-0.2, 0) is 6.18 Å². The maximum Gasteiger partial charge on any atom is 0.416 e. The summed E-state index contributed by atoms with van der Waals surface area (Å²) in [6.45, 7) is 0. The molecule has 2 aromatic carbocycles. The first kappa shape index (κ1) is 22.0. The van der Waals surface area contributed by atoms with Crippen LogP contribution in [0.25, 0.3) is 11.3 Å². The van der Waals surface area contributed by atoms with Gasteiger partial charge < -0.3 is 4.42 Å². The minimum Gasteiger partial charge on any atom is -0.455 e. The Bertz CT molecular complexity index is 1190. The molecule has 13 heteroatoms. The second kappa shape index (κ2) is 8.55. The number of hydrazone groups is 1. The van der Waals surface area contributed by atoms with Crippen molar-refractivity contribution in [2.45, 2.75) is 6.18 Å². The molecule has 0 spiro atoms. The second-order valence-corrected chi connectivity index (χ2v) is 6.83. The van der Waals surface area contributed by atoms with E-state index in [1.54, 1.807) is 6.07 Å². The number of halogens is 4. The Balaban J connectivity index is 1.78. The fourth-order valence-corrected chi connectivity index (χ4v) is 3.07. The largest absolute Gasteiger partial charge is 0.455 e. The second-order valence-electron chi connectivity index (χ2n) is 5.98. The van der Waals surface area contributed by atoms with Crippen molar-refractivity contribution in [2.75, 3.05) is 5.43 Å². The zero-order valence-electron chi connectivity index (χ0n) is 15.1. The first-order valence-electron chi connectivity index (χ1n) is 8.25. The zero-order chi connectivity index (χ0) is 22.8. The highest BCUT2D eigenvalue weighted by atomic mass is 79.9. The Kier molecular flexibility index (Phi) is 6.06. The molecule has 3 aromatic rings. The molecule has 0 aliphatic heterocycles. The molecule has 1 heterocycles. The lowest BCUT2D eigenvalue weighted by molar-refractivity contribution is -0.384. The Morgan fingerprint density at radius 3 is 2.39 bits per heavy atom. The summed E-state index contributed by atoms with van der Waals surface area (Å²) in [6, 6.07) is 9.23. The quantitative estimate of drug-likeness (QED) is 0.253. The van der Waals surface area contributed by atoms with Crippen molar-refractivity contribution in [3.63, 3.8) is 0 Å². The Hall–Kier alpha value is -3.74. The van der Waals surface area contributed by atoms with E-state index in [-0.39, 0.29) is 17.1 Å². The molecular weight excluding hydrogens is 489 g/mol. The monoisotopic (exact) mass is 498 g/mol. The number of hydrogen-bond acceptors (Lipinski definition) is 7. The van der Waals surface area contributed by atoms with Gasteiger partial charge in [0.05, 0.1) is 21.6 Å². The van der Waals surface area contributed by atoms with Gasteiger partial charge in [-0.3, -0.25) is 25.7 Å². The highest BCUT2D eigenvalue weighted by Gasteiger charge is 2.33. The van der Waals surface area contributed by atoms with E-state index in [4.69, 9.17) is 4.42 Å². The smallest absolute Gasteiger partial charge is 0.416 e. The van der Waals surface area contributed by atoms with Gasteiger partial charge in [0.15, 0.2) is 0 Å². The van der Waals surface area contributed by atoms with Gasteiger partial charge in [-0.05, 0) is 46.3 Å². The molecule has 0 aliphatic carbocycles. The molecule has 0 saturated heterocycles. The van der Waals surface area contributed by atoms with Gasteiger partial charge in [-0.1, -0.05) is 0 Å². The molecule has 0 amide bonds. The third kappa shape index (κ3) is 5.06.